The van der Waals surface area contributed by atoms with Crippen LogP contribution in [0, 0.1) is 0 Å². The van der Waals surface area contributed by atoms with Crippen LogP contribution in [0.15, 0.2) is 97.2 Å². The van der Waals surface area contributed by atoms with Crippen molar-refractivity contribution in [3.8, 4) is 0 Å². The van der Waals surface area contributed by atoms with Crippen molar-refractivity contribution in [1.29, 1.82) is 0 Å². The molecule has 51 heavy (non-hydrogen) atoms. The number of ether oxygens (including phenoxy) is 2. The van der Waals surface area contributed by atoms with E-state index >= 15 is 0 Å². The number of aliphatic hydroxyl groups excluding tert-OH is 1. The second kappa shape index (κ2) is 43.5. The predicted molar refractivity (Wildman–Crippen MR) is 223 cm³/mol. The summed E-state index contributed by atoms with van der Waals surface area (Å²) in [6.45, 7) is 5.05. The number of allylic oxidation sites excluding steroid dienone is 16. The molecule has 0 amide bonds. The van der Waals surface area contributed by atoms with Gasteiger partial charge in [0.05, 0.1) is 13.2 Å². The van der Waals surface area contributed by atoms with E-state index in [9.17, 15) is 9.90 Å². The fourth-order valence-electron chi connectivity index (χ4n) is 5.37. The summed E-state index contributed by atoms with van der Waals surface area (Å²) >= 11 is 0. The minimum atomic E-state index is -0.563. The van der Waals surface area contributed by atoms with Crippen molar-refractivity contribution in [1.82, 2.24) is 0 Å². The fraction of sp³-hybridized carbons (Fsp3) is 0.638. The second-order valence-corrected chi connectivity index (χ2v) is 13.3. The Balaban J connectivity index is 3.51. The molecule has 4 heteroatoms. The van der Waals surface area contributed by atoms with E-state index in [1.165, 1.54) is 70.6 Å². The Morgan fingerprint density at radius 2 is 0.824 bits per heavy atom. The largest absolute Gasteiger partial charge is 0.457 e. The quantitative estimate of drug-likeness (QED) is 0.0397. The zero-order valence-electron chi connectivity index (χ0n) is 33.1. The van der Waals surface area contributed by atoms with Crippen molar-refractivity contribution in [2.45, 2.75) is 174 Å². The highest BCUT2D eigenvalue weighted by molar-refractivity contribution is 5.69. The number of rotatable bonds is 37. The summed E-state index contributed by atoms with van der Waals surface area (Å²) in [7, 11) is 0. The molecule has 4 nitrogen and oxygen atoms in total. The first kappa shape index (κ1) is 48.3. The molecule has 0 aliphatic carbocycles. The summed E-state index contributed by atoms with van der Waals surface area (Å²) in [6, 6.07) is 0. The highest BCUT2D eigenvalue weighted by atomic mass is 16.6. The summed E-state index contributed by atoms with van der Waals surface area (Å²) in [5, 5.41) is 9.59. The normalized spacial score (nSPS) is 13.4. The van der Waals surface area contributed by atoms with Crippen LogP contribution in [0.2, 0.25) is 0 Å². The van der Waals surface area contributed by atoms with Crippen molar-refractivity contribution in [2.24, 2.45) is 0 Å². The van der Waals surface area contributed by atoms with Gasteiger partial charge in [-0.05, 0) is 89.9 Å². The Hall–Kier alpha value is -2.69. The van der Waals surface area contributed by atoms with Crippen LogP contribution in [0.5, 0.6) is 0 Å². The molecule has 0 bridgehead atoms. The molecule has 0 saturated heterocycles. The standard InChI is InChI=1S/C47H78O4/c1-3-5-7-9-11-13-15-17-19-20-21-22-23-24-25-26-27-29-31-33-35-37-39-41-43-50-45-46(44-48)51-47(49)42-40-38-36-34-32-30-28-18-16-14-12-10-8-6-4-2/h5-8,11-14,17-19,21-22,28,32,34,46,48H,3-4,9-10,15-16,20,23-27,29-31,33,35-45H2,1-2H3/b7-5-,8-6-,13-11-,14-12-,19-17-,22-21-,28-18-,34-32-. The number of hydrogen-bond acceptors (Lipinski definition) is 4. The Morgan fingerprint density at radius 3 is 1.24 bits per heavy atom. The Morgan fingerprint density at radius 1 is 0.471 bits per heavy atom. The summed E-state index contributed by atoms with van der Waals surface area (Å²) in [5.41, 5.74) is 0. The molecule has 0 heterocycles. The molecule has 0 aromatic heterocycles. The molecule has 0 fully saturated rings. The molecule has 1 atom stereocenters. The van der Waals surface area contributed by atoms with Crippen LogP contribution in [-0.2, 0) is 14.3 Å². The minimum Gasteiger partial charge on any atom is -0.457 e. The second-order valence-electron chi connectivity index (χ2n) is 13.3. The van der Waals surface area contributed by atoms with Gasteiger partial charge in [-0.25, -0.2) is 0 Å². The van der Waals surface area contributed by atoms with Crippen LogP contribution in [0.1, 0.15) is 168 Å². The Labute approximate surface area is 315 Å². The zero-order valence-corrected chi connectivity index (χ0v) is 33.1. The van der Waals surface area contributed by atoms with E-state index in [1.807, 2.05) is 0 Å². The lowest BCUT2D eigenvalue weighted by Gasteiger charge is -2.15. The van der Waals surface area contributed by atoms with Gasteiger partial charge in [0.25, 0.3) is 0 Å². The lowest BCUT2D eigenvalue weighted by atomic mass is 10.1. The van der Waals surface area contributed by atoms with Crippen LogP contribution < -0.4 is 0 Å². The van der Waals surface area contributed by atoms with Gasteiger partial charge in [-0.15, -0.1) is 0 Å². The molecule has 1 unspecified atom stereocenters. The van der Waals surface area contributed by atoms with Gasteiger partial charge >= 0.3 is 5.97 Å². The van der Waals surface area contributed by atoms with Gasteiger partial charge in [0.15, 0.2) is 0 Å². The number of aliphatic hydroxyl groups is 1. The molecule has 0 aromatic carbocycles. The summed E-state index contributed by atoms with van der Waals surface area (Å²) in [4.78, 5) is 12.2. The number of hydrogen-bond donors (Lipinski definition) is 1. The molecule has 0 spiro atoms. The van der Waals surface area contributed by atoms with E-state index in [4.69, 9.17) is 9.47 Å². The SMILES string of the molecule is CC/C=C\C/C=C\C/C=C\C/C=C\CCCCCCCCCCCCCOCC(CO)OC(=O)CCCC/C=C\C/C=C\C/C=C\C/C=C\CC. The van der Waals surface area contributed by atoms with Crippen molar-refractivity contribution in [2.75, 3.05) is 19.8 Å². The maximum Gasteiger partial charge on any atom is 0.306 e. The van der Waals surface area contributed by atoms with Gasteiger partial charge in [-0.2, -0.15) is 0 Å². The van der Waals surface area contributed by atoms with E-state index in [2.05, 4.69) is 111 Å². The van der Waals surface area contributed by atoms with Gasteiger partial charge in [-0.3, -0.25) is 4.79 Å². The van der Waals surface area contributed by atoms with E-state index in [1.54, 1.807) is 0 Å². The van der Waals surface area contributed by atoms with E-state index in [-0.39, 0.29) is 19.2 Å². The maximum atomic E-state index is 12.2. The molecular formula is C47H78O4. The van der Waals surface area contributed by atoms with Crippen molar-refractivity contribution in [3.05, 3.63) is 97.2 Å². The van der Waals surface area contributed by atoms with Crippen LogP contribution in [-0.4, -0.2) is 37.0 Å². The van der Waals surface area contributed by atoms with Crippen LogP contribution in [0.3, 0.4) is 0 Å². The van der Waals surface area contributed by atoms with E-state index in [0.717, 1.165) is 77.0 Å². The molecule has 0 aliphatic rings. The van der Waals surface area contributed by atoms with Crippen molar-refractivity contribution >= 4 is 5.97 Å². The molecule has 0 aliphatic heterocycles. The third-order valence-electron chi connectivity index (χ3n) is 8.40. The average molecular weight is 707 g/mol. The number of carbonyl (C=O) groups is 1. The summed E-state index contributed by atoms with van der Waals surface area (Å²) < 4.78 is 11.1. The fourth-order valence-corrected chi connectivity index (χ4v) is 5.37. The Bertz CT molecular complexity index is 965. The maximum absolute atomic E-state index is 12.2. The van der Waals surface area contributed by atoms with Gasteiger partial charge in [0, 0.05) is 13.0 Å². The predicted octanol–water partition coefficient (Wildman–Crippen LogP) is 13.8. The smallest absolute Gasteiger partial charge is 0.306 e. The monoisotopic (exact) mass is 707 g/mol. The van der Waals surface area contributed by atoms with E-state index in [0.29, 0.717) is 13.0 Å². The van der Waals surface area contributed by atoms with Gasteiger partial charge < -0.3 is 14.6 Å². The van der Waals surface area contributed by atoms with Gasteiger partial charge in [0.1, 0.15) is 6.10 Å². The third-order valence-corrected chi connectivity index (χ3v) is 8.40. The topological polar surface area (TPSA) is 55.8 Å². The molecule has 1 N–H and O–H groups in total. The van der Waals surface area contributed by atoms with Gasteiger partial charge in [0.2, 0.25) is 0 Å². The van der Waals surface area contributed by atoms with Crippen molar-refractivity contribution < 1.29 is 19.4 Å². The zero-order chi connectivity index (χ0) is 37.0. The van der Waals surface area contributed by atoms with E-state index < -0.39 is 6.10 Å². The number of esters is 1. The molecule has 0 aromatic rings. The molecular weight excluding hydrogens is 629 g/mol. The molecule has 0 rings (SSSR count). The van der Waals surface area contributed by atoms with Crippen molar-refractivity contribution in [3.63, 3.8) is 0 Å². The number of unbranched alkanes of at least 4 members (excludes halogenated alkanes) is 13. The summed E-state index contributed by atoms with van der Waals surface area (Å²) in [6.07, 6.45) is 61.8. The van der Waals surface area contributed by atoms with Crippen LogP contribution in [0.25, 0.3) is 0 Å². The minimum absolute atomic E-state index is 0.195. The van der Waals surface area contributed by atoms with Crippen LogP contribution in [0.4, 0.5) is 0 Å². The first-order valence-electron chi connectivity index (χ1n) is 20.8. The molecule has 290 valence electrons. The first-order valence-corrected chi connectivity index (χ1v) is 20.8. The first-order chi connectivity index (χ1) is 25.2. The summed E-state index contributed by atoms with van der Waals surface area (Å²) in [5.74, 6) is -0.246. The number of carbonyl (C=O) groups excluding carboxylic acids is 1. The van der Waals surface area contributed by atoms with Gasteiger partial charge in [-0.1, -0.05) is 169 Å². The highest BCUT2D eigenvalue weighted by Crippen LogP contribution is 2.13. The average Bonchev–Trinajstić information content (AvgIpc) is 3.14. The van der Waals surface area contributed by atoms with Crippen LogP contribution >= 0.6 is 0 Å². The molecule has 0 saturated carbocycles. The highest BCUT2D eigenvalue weighted by Gasteiger charge is 2.13. The lowest BCUT2D eigenvalue weighted by Crippen LogP contribution is -2.27. The third kappa shape index (κ3) is 41.6. The lowest BCUT2D eigenvalue weighted by molar-refractivity contribution is -0.154. The molecule has 0 radical (unpaired) electrons. The Kier molecular flexibility index (Phi) is 41.2.